The van der Waals surface area contributed by atoms with Crippen molar-refractivity contribution in [2.24, 2.45) is 0 Å². The maximum absolute atomic E-state index is 13.7. The number of benzene rings is 2. The Morgan fingerprint density at radius 2 is 1.89 bits per heavy atom. The molecule has 2 rings (SSSR count). The summed E-state index contributed by atoms with van der Waals surface area (Å²) in [5.74, 6) is 0.342. The molecule has 2 nitrogen and oxygen atoms in total. The van der Waals surface area contributed by atoms with Crippen molar-refractivity contribution in [2.45, 2.75) is 20.5 Å². The second-order valence-electron chi connectivity index (χ2n) is 4.22. The smallest absolute Gasteiger partial charge is 0.166 e. The van der Waals surface area contributed by atoms with E-state index < -0.39 is 5.82 Å². The van der Waals surface area contributed by atoms with Gasteiger partial charge in [-0.1, -0.05) is 18.2 Å². The third-order valence-corrected chi connectivity index (χ3v) is 2.95. The molecule has 18 heavy (non-hydrogen) atoms. The van der Waals surface area contributed by atoms with Gasteiger partial charge >= 0.3 is 0 Å². The zero-order valence-electron chi connectivity index (χ0n) is 10.4. The fourth-order valence-corrected chi connectivity index (χ4v) is 1.68. The monoisotopic (exact) mass is 246 g/mol. The molecule has 0 unspecified atom stereocenters. The van der Waals surface area contributed by atoms with Gasteiger partial charge in [-0.25, -0.2) is 4.39 Å². The zero-order chi connectivity index (χ0) is 13.1. The van der Waals surface area contributed by atoms with Gasteiger partial charge in [0, 0.05) is 0 Å². The highest BCUT2D eigenvalue weighted by molar-refractivity contribution is 5.42. The summed E-state index contributed by atoms with van der Waals surface area (Å²) in [6, 6.07) is 10.1. The average molecular weight is 246 g/mol. The summed E-state index contributed by atoms with van der Waals surface area (Å²) >= 11 is 0. The van der Waals surface area contributed by atoms with Crippen LogP contribution in [0.5, 0.6) is 11.5 Å². The highest BCUT2D eigenvalue weighted by Gasteiger charge is 2.08. The lowest BCUT2D eigenvalue weighted by Gasteiger charge is -2.11. The van der Waals surface area contributed by atoms with Crippen molar-refractivity contribution in [3.05, 3.63) is 58.9 Å². The molecule has 2 aromatic rings. The Bertz CT molecular complexity index is 564. The van der Waals surface area contributed by atoms with Crippen LogP contribution < -0.4 is 4.74 Å². The highest BCUT2D eigenvalue weighted by Crippen LogP contribution is 2.29. The van der Waals surface area contributed by atoms with E-state index in [0.717, 1.165) is 11.1 Å². The van der Waals surface area contributed by atoms with E-state index in [0.29, 0.717) is 11.3 Å². The molecular weight excluding hydrogens is 231 g/mol. The van der Waals surface area contributed by atoms with Gasteiger partial charge in [-0.2, -0.15) is 0 Å². The lowest BCUT2D eigenvalue weighted by molar-refractivity contribution is 0.281. The highest BCUT2D eigenvalue weighted by atomic mass is 19.1. The molecule has 1 N–H and O–H groups in total. The molecule has 0 aliphatic rings. The van der Waals surface area contributed by atoms with Gasteiger partial charge in [-0.05, 0) is 48.7 Å². The van der Waals surface area contributed by atoms with Gasteiger partial charge in [0.25, 0.3) is 0 Å². The quantitative estimate of drug-likeness (QED) is 0.894. The summed E-state index contributed by atoms with van der Waals surface area (Å²) in [5.41, 5.74) is 2.61. The van der Waals surface area contributed by atoms with E-state index in [-0.39, 0.29) is 12.4 Å². The Labute approximate surface area is 106 Å². The summed E-state index contributed by atoms with van der Waals surface area (Å²) in [7, 11) is 0. The molecule has 0 aromatic heterocycles. The number of hydrogen-bond donors (Lipinski definition) is 1. The van der Waals surface area contributed by atoms with Crippen LogP contribution in [0.15, 0.2) is 36.4 Å². The van der Waals surface area contributed by atoms with E-state index in [1.165, 1.54) is 12.1 Å². The normalized spacial score (nSPS) is 10.4. The number of rotatable bonds is 3. The Hall–Kier alpha value is -1.87. The SMILES string of the molecule is Cc1cccc(Oc2ccc(CO)cc2F)c1C. The van der Waals surface area contributed by atoms with Crippen molar-refractivity contribution in [1.82, 2.24) is 0 Å². The van der Waals surface area contributed by atoms with Gasteiger partial charge in [-0.3, -0.25) is 0 Å². The molecule has 94 valence electrons. The minimum absolute atomic E-state index is 0.168. The maximum atomic E-state index is 13.7. The summed E-state index contributed by atoms with van der Waals surface area (Å²) < 4.78 is 19.3. The van der Waals surface area contributed by atoms with E-state index in [2.05, 4.69) is 0 Å². The van der Waals surface area contributed by atoms with E-state index in [1.54, 1.807) is 6.07 Å². The first-order valence-corrected chi connectivity index (χ1v) is 5.75. The van der Waals surface area contributed by atoms with Crippen molar-refractivity contribution in [3.63, 3.8) is 0 Å². The molecule has 3 heteroatoms. The van der Waals surface area contributed by atoms with E-state index >= 15 is 0 Å². The molecule has 0 spiro atoms. The molecule has 0 bridgehead atoms. The largest absolute Gasteiger partial charge is 0.454 e. The van der Waals surface area contributed by atoms with Crippen molar-refractivity contribution >= 4 is 0 Å². The molecule has 0 amide bonds. The molecule has 0 fully saturated rings. The summed E-state index contributed by atoms with van der Waals surface area (Å²) in [6.45, 7) is 3.73. The first kappa shape index (κ1) is 12.6. The van der Waals surface area contributed by atoms with Crippen molar-refractivity contribution in [1.29, 1.82) is 0 Å². The molecule has 0 aliphatic carbocycles. The van der Waals surface area contributed by atoms with Crippen molar-refractivity contribution < 1.29 is 14.2 Å². The summed E-state index contributed by atoms with van der Waals surface area (Å²) in [6.07, 6.45) is 0. The number of halogens is 1. The third-order valence-electron chi connectivity index (χ3n) is 2.95. The van der Waals surface area contributed by atoms with Gasteiger partial charge < -0.3 is 9.84 Å². The minimum Gasteiger partial charge on any atom is -0.454 e. The first-order chi connectivity index (χ1) is 8.61. The zero-order valence-corrected chi connectivity index (χ0v) is 10.4. The van der Waals surface area contributed by atoms with Crippen LogP contribution in [0.1, 0.15) is 16.7 Å². The molecule has 0 saturated carbocycles. The minimum atomic E-state index is -0.470. The maximum Gasteiger partial charge on any atom is 0.166 e. The van der Waals surface area contributed by atoms with Gasteiger partial charge in [0.15, 0.2) is 11.6 Å². The van der Waals surface area contributed by atoms with Crippen LogP contribution in [0.3, 0.4) is 0 Å². The van der Waals surface area contributed by atoms with Crippen LogP contribution in [-0.2, 0) is 6.61 Å². The molecule has 0 radical (unpaired) electrons. The number of aliphatic hydroxyl groups is 1. The number of aliphatic hydroxyl groups excluding tert-OH is 1. The number of hydrogen-bond acceptors (Lipinski definition) is 2. The van der Waals surface area contributed by atoms with E-state index in [9.17, 15) is 4.39 Å². The number of ether oxygens (including phenoxy) is 1. The molecule has 0 saturated heterocycles. The average Bonchev–Trinajstić information content (AvgIpc) is 2.37. The molecule has 0 atom stereocenters. The molecule has 2 aromatic carbocycles. The lowest BCUT2D eigenvalue weighted by atomic mass is 10.1. The Morgan fingerprint density at radius 1 is 1.11 bits per heavy atom. The van der Waals surface area contributed by atoms with Crippen LogP contribution in [0.4, 0.5) is 4.39 Å². The van der Waals surface area contributed by atoms with E-state index in [4.69, 9.17) is 9.84 Å². The Balaban J connectivity index is 2.31. The third kappa shape index (κ3) is 2.51. The first-order valence-electron chi connectivity index (χ1n) is 5.75. The Morgan fingerprint density at radius 3 is 2.56 bits per heavy atom. The fourth-order valence-electron chi connectivity index (χ4n) is 1.68. The van der Waals surface area contributed by atoms with E-state index in [1.807, 2.05) is 32.0 Å². The summed E-state index contributed by atoms with van der Waals surface area (Å²) in [4.78, 5) is 0. The number of aryl methyl sites for hydroxylation is 1. The second-order valence-corrected chi connectivity index (χ2v) is 4.22. The van der Waals surface area contributed by atoms with Gasteiger partial charge in [-0.15, -0.1) is 0 Å². The molecular formula is C15H15FO2. The predicted octanol–water partition coefficient (Wildman–Crippen LogP) is 3.73. The van der Waals surface area contributed by atoms with Crippen LogP contribution >= 0.6 is 0 Å². The van der Waals surface area contributed by atoms with Crippen molar-refractivity contribution in [2.75, 3.05) is 0 Å². The van der Waals surface area contributed by atoms with Gasteiger partial charge in [0.05, 0.1) is 6.61 Å². The van der Waals surface area contributed by atoms with Crippen LogP contribution in [0.25, 0.3) is 0 Å². The summed E-state index contributed by atoms with van der Waals surface area (Å²) in [5, 5.41) is 8.92. The van der Waals surface area contributed by atoms with Gasteiger partial charge in [0.2, 0.25) is 0 Å². The molecule has 0 aliphatic heterocycles. The molecule has 0 heterocycles. The van der Waals surface area contributed by atoms with Crippen LogP contribution in [0.2, 0.25) is 0 Å². The second kappa shape index (κ2) is 5.19. The van der Waals surface area contributed by atoms with Crippen LogP contribution in [0, 0.1) is 19.7 Å². The fraction of sp³-hybridized carbons (Fsp3) is 0.200. The Kier molecular flexibility index (Phi) is 3.63. The van der Waals surface area contributed by atoms with Crippen LogP contribution in [-0.4, -0.2) is 5.11 Å². The standard InChI is InChI=1S/C15H15FO2/c1-10-4-3-5-14(11(10)2)18-15-7-6-12(9-17)8-13(15)16/h3-8,17H,9H2,1-2H3. The van der Waals surface area contributed by atoms with Gasteiger partial charge in [0.1, 0.15) is 5.75 Å². The predicted molar refractivity (Wildman–Crippen MR) is 68.3 cm³/mol. The lowest BCUT2D eigenvalue weighted by Crippen LogP contribution is -1.93. The topological polar surface area (TPSA) is 29.5 Å². The van der Waals surface area contributed by atoms with Crippen molar-refractivity contribution in [3.8, 4) is 11.5 Å².